The van der Waals surface area contributed by atoms with E-state index in [1.54, 1.807) is 23.1 Å². The number of halogens is 2. The van der Waals surface area contributed by atoms with Crippen molar-refractivity contribution in [2.75, 3.05) is 26.2 Å². The Hall–Kier alpha value is -2.84. The standard InChI is InChI=1S/C21H23ClFN3O4/c22-15-3-6-19(18(27)9-15)30-13-21(29)26-8-7-25(12-17(26)10-20(24)28)11-14-1-4-16(23)5-2-14/h1-6,9,17,27H,7-8,10-13H2,(H2,24,28). The second-order valence-corrected chi connectivity index (χ2v) is 7.61. The molecule has 160 valence electrons. The average molecular weight is 436 g/mol. The molecule has 1 saturated heterocycles. The summed E-state index contributed by atoms with van der Waals surface area (Å²) in [6, 6.07) is 10.2. The third-order valence-corrected chi connectivity index (χ3v) is 5.15. The number of carbonyl (C=O) groups is 2. The summed E-state index contributed by atoms with van der Waals surface area (Å²) in [5.41, 5.74) is 6.33. The van der Waals surface area contributed by atoms with E-state index in [0.717, 1.165) is 5.56 Å². The zero-order chi connectivity index (χ0) is 21.7. The van der Waals surface area contributed by atoms with Crippen LogP contribution in [0.3, 0.4) is 0 Å². The third kappa shape index (κ3) is 5.84. The summed E-state index contributed by atoms with van der Waals surface area (Å²) in [6.07, 6.45) is 0.0256. The van der Waals surface area contributed by atoms with E-state index >= 15 is 0 Å². The lowest BCUT2D eigenvalue weighted by molar-refractivity contribution is -0.139. The van der Waals surface area contributed by atoms with E-state index in [2.05, 4.69) is 4.90 Å². The Balaban J connectivity index is 1.62. The summed E-state index contributed by atoms with van der Waals surface area (Å²) in [5, 5.41) is 10.2. The number of aromatic hydroxyl groups is 1. The fraction of sp³-hybridized carbons (Fsp3) is 0.333. The van der Waals surface area contributed by atoms with Crippen molar-refractivity contribution >= 4 is 23.4 Å². The van der Waals surface area contributed by atoms with E-state index < -0.39 is 11.9 Å². The first-order valence-electron chi connectivity index (χ1n) is 9.47. The van der Waals surface area contributed by atoms with Gasteiger partial charge in [-0.3, -0.25) is 14.5 Å². The molecule has 7 nitrogen and oxygen atoms in total. The number of piperazine rings is 1. The van der Waals surface area contributed by atoms with Crippen LogP contribution >= 0.6 is 11.6 Å². The first-order chi connectivity index (χ1) is 14.3. The molecule has 3 N–H and O–H groups in total. The second kappa shape index (κ2) is 9.77. The molecular formula is C21H23ClFN3O4. The van der Waals surface area contributed by atoms with E-state index in [4.69, 9.17) is 22.1 Å². The molecule has 30 heavy (non-hydrogen) atoms. The first kappa shape index (κ1) is 21.9. The maximum Gasteiger partial charge on any atom is 0.260 e. The van der Waals surface area contributed by atoms with Gasteiger partial charge in [-0.25, -0.2) is 4.39 Å². The molecular weight excluding hydrogens is 413 g/mol. The molecule has 2 aromatic rings. The predicted molar refractivity (Wildman–Crippen MR) is 110 cm³/mol. The number of nitrogens with two attached hydrogens (primary N) is 1. The molecule has 1 aliphatic rings. The molecule has 0 bridgehead atoms. The zero-order valence-electron chi connectivity index (χ0n) is 16.3. The number of phenols is 1. The Kier molecular flexibility index (Phi) is 7.12. The summed E-state index contributed by atoms with van der Waals surface area (Å²) in [4.78, 5) is 27.9. The van der Waals surface area contributed by atoms with Crippen molar-refractivity contribution in [3.8, 4) is 11.5 Å². The second-order valence-electron chi connectivity index (χ2n) is 7.17. The molecule has 0 aromatic heterocycles. The molecule has 2 amide bonds. The molecule has 1 aliphatic heterocycles. The smallest absolute Gasteiger partial charge is 0.260 e. The first-order valence-corrected chi connectivity index (χ1v) is 9.85. The number of hydrogen-bond donors (Lipinski definition) is 2. The van der Waals surface area contributed by atoms with Gasteiger partial charge in [-0.2, -0.15) is 0 Å². The molecule has 0 saturated carbocycles. The minimum Gasteiger partial charge on any atom is -0.504 e. The normalized spacial score (nSPS) is 17.0. The Labute approximate surface area is 178 Å². The highest BCUT2D eigenvalue weighted by atomic mass is 35.5. The van der Waals surface area contributed by atoms with Gasteiger partial charge in [-0.15, -0.1) is 0 Å². The van der Waals surface area contributed by atoms with Gasteiger partial charge in [0.25, 0.3) is 5.91 Å². The molecule has 2 aromatic carbocycles. The number of ether oxygens (including phenoxy) is 1. The van der Waals surface area contributed by atoms with Gasteiger partial charge >= 0.3 is 0 Å². The van der Waals surface area contributed by atoms with Crippen LogP contribution in [0.25, 0.3) is 0 Å². The van der Waals surface area contributed by atoms with Crippen LogP contribution in [0.5, 0.6) is 11.5 Å². The largest absolute Gasteiger partial charge is 0.504 e. The van der Waals surface area contributed by atoms with Crippen molar-refractivity contribution in [2.24, 2.45) is 5.73 Å². The van der Waals surface area contributed by atoms with Crippen molar-refractivity contribution in [1.29, 1.82) is 0 Å². The summed E-state index contributed by atoms with van der Waals surface area (Å²) in [6.45, 7) is 1.73. The van der Waals surface area contributed by atoms with Crippen LogP contribution in [0.4, 0.5) is 4.39 Å². The predicted octanol–water partition coefficient (Wildman–Crippen LogP) is 2.15. The molecule has 0 radical (unpaired) electrons. The number of primary amides is 1. The molecule has 1 unspecified atom stereocenters. The zero-order valence-corrected chi connectivity index (χ0v) is 17.0. The van der Waals surface area contributed by atoms with E-state index in [-0.39, 0.29) is 36.3 Å². The summed E-state index contributed by atoms with van der Waals surface area (Å²) in [5.74, 6) is -1.12. The lowest BCUT2D eigenvalue weighted by Crippen LogP contribution is -2.56. The fourth-order valence-corrected chi connectivity index (χ4v) is 3.65. The molecule has 1 heterocycles. The molecule has 1 fully saturated rings. The molecule has 1 atom stereocenters. The Morgan fingerprint density at radius 2 is 1.93 bits per heavy atom. The van der Waals surface area contributed by atoms with E-state index in [1.807, 2.05) is 0 Å². The van der Waals surface area contributed by atoms with Gasteiger partial charge in [-0.1, -0.05) is 23.7 Å². The van der Waals surface area contributed by atoms with Crippen LogP contribution in [-0.2, 0) is 16.1 Å². The highest BCUT2D eigenvalue weighted by Gasteiger charge is 2.31. The van der Waals surface area contributed by atoms with Crippen molar-refractivity contribution in [2.45, 2.75) is 19.0 Å². The molecule has 3 rings (SSSR count). The van der Waals surface area contributed by atoms with Crippen LogP contribution in [0.15, 0.2) is 42.5 Å². The SMILES string of the molecule is NC(=O)CC1CN(Cc2ccc(F)cc2)CCN1C(=O)COc1ccc(Cl)cc1O. The maximum absolute atomic E-state index is 13.1. The number of hydrogen-bond acceptors (Lipinski definition) is 5. The Morgan fingerprint density at radius 1 is 1.20 bits per heavy atom. The monoisotopic (exact) mass is 435 g/mol. The van der Waals surface area contributed by atoms with Crippen LogP contribution in [0.2, 0.25) is 5.02 Å². The van der Waals surface area contributed by atoms with Crippen molar-refractivity contribution in [1.82, 2.24) is 9.80 Å². The number of carbonyl (C=O) groups excluding carboxylic acids is 2. The Bertz CT molecular complexity index is 910. The van der Waals surface area contributed by atoms with E-state index in [1.165, 1.54) is 24.3 Å². The quantitative estimate of drug-likeness (QED) is 0.694. The van der Waals surface area contributed by atoms with Crippen molar-refractivity contribution < 1.29 is 23.8 Å². The number of phenolic OH excluding ortho intramolecular Hbond substituents is 1. The average Bonchev–Trinajstić information content (AvgIpc) is 2.68. The van der Waals surface area contributed by atoms with Crippen LogP contribution in [0.1, 0.15) is 12.0 Å². The number of amides is 2. The molecule has 9 heteroatoms. The van der Waals surface area contributed by atoms with Gasteiger partial charge in [-0.05, 0) is 29.8 Å². The van der Waals surface area contributed by atoms with Gasteiger partial charge in [0.15, 0.2) is 18.1 Å². The van der Waals surface area contributed by atoms with Gasteiger partial charge in [0.1, 0.15) is 5.82 Å². The van der Waals surface area contributed by atoms with Crippen LogP contribution in [-0.4, -0.2) is 59.0 Å². The topological polar surface area (TPSA) is 96.1 Å². The highest BCUT2D eigenvalue weighted by molar-refractivity contribution is 6.30. The molecule has 0 aliphatic carbocycles. The van der Waals surface area contributed by atoms with Gasteiger partial charge < -0.3 is 20.5 Å². The Morgan fingerprint density at radius 3 is 2.60 bits per heavy atom. The lowest BCUT2D eigenvalue weighted by atomic mass is 10.1. The number of benzene rings is 2. The number of rotatable bonds is 7. The van der Waals surface area contributed by atoms with Crippen LogP contribution < -0.4 is 10.5 Å². The summed E-state index contributed by atoms with van der Waals surface area (Å²) in [7, 11) is 0. The number of nitrogens with zero attached hydrogens (tertiary/aromatic N) is 2. The van der Waals surface area contributed by atoms with Crippen molar-refractivity contribution in [3.63, 3.8) is 0 Å². The minimum atomic E-state index is -0.502. The highest BCUT2D eigenvalue weighted by Crippen LogP contribution is 2.29. The fourth-order valence-electron chi connectivity index (χ4n) is 3.48. The van der Waals surface area contributed by atoms with Gasteiger partial charge in [0.05, 0.1) is 6.04 Å². The van der Waals surface area contributed by atoms with E-state index in [9.17, 15) is 19.1 Å². The van der Waals surface area contributed by atoms with Gasteiger partial charge in [0.2, 0.25) is 5.91 Å². The van der Waals surface area contributed by atoms with Crippen molar-refractivity contribution in [3.05, 3.63) is 58.9 Å². The van der Waals surface area contributed by atoms with Crippen LogP contribution in [0, 0.1) is 5.82 Å². The summed E-state index contributed by atoms with van der Waals surface area (Å²) < 4.78 is 18.5. The minimum absolute atomic E-state index is 0.0256. The maximum atomic E-state index is 13.1. The van der Waals surface area contributed by atoms with Gasteiger partial charge in [0, 0.05) is 43.7 Å². The third-order valence-electron chi connectivity index (χ3n) is 4.92. The molecule has 0 spiro atoms. The lowest BCUT2D eigenvalue weighted by Gasteiger charge is -2.41. The summed E-state index contributed by atoms with van der Waals surface area (Å²) >= 11 is 5.79. The van der Waals surface area contributed by atoms with E-state index in [0.29, 0.717) is 31.2 Å².